The molecule has 6 heteroatoms. The molecule has 0 bridgehead atoms. The van der Waals surface area contributed by atoms with Crippen LogP contribution in [0, 0.1) is 0 Å². The number of carbonyl (C=O) groups is 2. The van der Waals surface area contributed by atoms with Gasteiger partial charge < -0.3 is 20.3 Å². The highest BCUT2D eigenvalue weighted by molar-refractivity contribution is 5.76. The van der Waals surface area contributed by atoms with Gasteiger partial charge in [0.15, 0.2) is 0 Å². The van der Waals surface area contributed by atoms with E-state index < -0.39 is 12.1 Å². The van der Waals surface area contributed by atoms with Crippen LogP contribution in [0.5, 0.6) is 0 Å². The number of esters is 1. The van der Waals surface area contributed by atoms with Crippen molar-refractivity contribution in [3.8, 4) is 0 Å². The van der Waals surface area contributed by atoms with Gasteiger partial charge in [-0.15, -0.1) is 0 Å². The van der Waals surface area contributed by atoms with Gasteiger partial charge in [0.05, 0.1) is 25.4 Å². The standard InChI is InChI=1S/C73H141NO5/c1-3-5-7-9-11-13-15-17-19-21-22-23-24-25-28-31-34-37-41-45-49-53-57-61-65-71(76)70(69-75)74-72(77)66-62-58-54-50-46-42-38-35-32-29-26-27-30-33-36-40-44-48-52-56-60-64-68-79-73(78)67-63-59-55-51-47-43-39-20-18-16-14-12-10-8-6-4-2/h20,39,61,65,70-71,75-76H,3-19,21-38,40-60,62-64,66-69H2,1-2H3,(H,74,77)/b39-20-,65-61+. The molecule has 0 aliphatic rings. The molecule has 79 heavy (non-hydrogen) atoms. The van der Waals surface area contributed by atoms with Crippen LogP contribution in [0.2, 0.25) is 0 Å². The van der Waals surface area contributed by atoms with E-state index in [0.29, 0.717) is 19.4 Å². The maximum Gasteiger partial charge on any atom is 0.305 e. The lowest BCUT2D eigenvalue weighted by Gasteiger charge is -2.20. The molecule has 0 fully saturated rings. The molecule has 0 aliphatic carbocycles. The normalized spacial score (nSPS) is 12.6. The van der Waals surface area contributed by atoms with Crippen molar-refractivity contribution in [2.24, 2.45) is 0 Å². The van der Waals surface area contributed by atoms with Gasteiger partial charge in [-0.25, -0.2) is 0 Å². The molecule has 0 radical (unpaired) electrons. The summed E-state index contributed by atoms with van der Waals surface area (Å²) < 4.78 is 5.49. The Morgan fingerprint density at radius 1 is 0.342 bits per heavy atom. The van der Waals surface area contributed by atoms with Crippen LogP contribution in [0.1, 0.15) is 406 Å². The van der Waals surface area contributed by atoms with Gasteiger partial charge >= 0.3 is 5.97 Å². The number of aliphatic hydroxyl groups excluding tert-OH is 2. The lowest BCUT2D eigenvalue weighted by Crippen LogP contribution is -2.45. The first-order chi connectivity index (χ1) is 39.0. The predicted octanol–water partition coefficient (Wildman–Crippen LogP) is 23.3. The Morgan fingerprint density at radius 3 is 0.899 bits per heavy atom. The van der Waals surface area contributed by atoms with E-state index in [1.807, 2.05) is 6.08 Å². The summed E-state index contributed by atoms with van der Waals surface area (Å²) in [5, 5.41) is 23.3. The predicted molar refractivity (Wildman–Crippen MR) is 347 cm³/mol. The highest BCUT2D eigenvalue weighted by atomic mass is 16.5. The third kappa shape index (κ3) is 65.4. The largest absolute Gasteiger partial charge is 0.466 e. The van der Waals surface area contributed by atoms with Crippen molar-refractivity contribution in [1.29, 1.82) is 0 Å². The first kappa shape index (κ1) is 77.3. The Labute approximate surface area is 494 Å². The fourth-order valence-electron chi connectivity index (χ4n) is 11.5. The molecule has 0 aliphatic heterocycles. The fourth-order valence-corrected chi connectivity index (χ4v) is 11.5. The molecule has 0 saturated carbocycles. The molecule has 0 heterocycles. The molecule has 2 unspecified atom stereocenters. The van der Waals surface area contributed by atoms with Crippen molar-refractivity contribution in [2.75, 3.05) is 13.2 Å². The van der Waals surface area contributed by atoms with Gasteiger partial charge in [-0.05, 0) is 57.8 Å². The molecule has 3 N–H and O–H groups in total. The van der Waals surface area contributed by atoms with Gasteiger partial charge in [-0.1, -0.05) is 359 Å². The molecular weight excluding hydrogens is 971 g/mol. The van der Waals surface area contributed by atoms with Gasteiger partial charge in [-0.2, -0.15) is 0 Å². The Kier molecular flexibility index (Phi) is 67.4. The molecular formula is C73H141NO5. The quantitative estimate of drug-likeness (QED) is 0.0320. The van der Waals surface area contributed by atoms with E-state index in [1.165, 1.54) is 334 Å². The van der Waals surface area contributed by atoms with Crippen LogP contribution in [0.4, 0.5) is 0 Å². The smallest absolute Gasteiger partial charge is 0.305 e. The maximum atomic E-state index is 12.5. The number of unbranched alkanes of at least 4 members (excludes halogenated alkanes) is 55. The van der Waals surface area contributed by atoms with Crippen LogP contribution in [-0.2, 0) is 14.3 Å². The summed E-state index contributed by atoms with van der Waals surface area (Å²) in [5.74, 6) is -0.0573. The second-order valence-electron chi connectivity index (χ2n) is 24.9. The molecule has 0 spiro atoms. The van der Waals surface area contributed by atoms with E-state index >= 15 is 0 Å². The van der Waals surface area contributed by atoms with Crippen molar-refractivity contribution < 1.29 is 24.5 Å². The zero-order chi connectivity index (χ0) is 57.1. The first-order valence-corrected chi connectivity index (χ1v) is 36.1. The van der Waals surface area contributed by atoms with Gasteiger partial charge in [0, 0.05) is 12.8 Å². The number of amides is 1. The summed E-state index contributed by atoms with van der Waals surface area (Å²) in [6, 6.07) is -0.629. The van der Waals surface area contributed by atoms with Crippen LogP contribution in [0.3, 0.4) is 0 Å². The number of allylic oxidation sites excluding steroid dienone is 3. The van der Waals surface area contributed by atoms with E-state index in [9.17, 15) is 19.8 Å². The number of carbonyl (C=O) groups excluding carboxylic acids is 2. The molecule has 1 amide bonds. The van der Waals surface area contributed by atoms with Crippen LogP contribution in [0.25, 0.3) is 0 Å². The highest BCUT2D eigenvalue weighted by Gasteiger charge is 2.18. The fraction of sp³-hybridized carbons (Fsp3) is 0.918. The van der Waals surface area contributed by atoms with E-state index in [-0.39, 0.29) is 18.5 Å². The van der Waals surface area contributed by atoms with E-state index in [1.54, 1.807) is 6.08 Å². The lowest BCUT2D eigenvalue weighted by atomic mass is 10.0. The van der Waals surface area contributed by atoms with E-state index in [2.05, 4.69) is 31.3 Å². The van der Waals surface area contributed by atoms with Crippen molar-refractivity contribution in [3.63, 3.8) is 0 Å². The number of ether oxygens (including phenoxy) is 1. The molecule has 6 nitrogen and oxygen atoms in total. The number of nitrogens with one attached hydrogen (secondary N) is 1. The summed E-state index contributed by atoms with van der Waals surface area (Å²) in [5.41, 5.74) is 0. The average Bonchev–Trinajstić information content (AvgIpc) is 3.45. The van der Waals surface area contributed by atoms with E-state index in [4.69, 9.17) is 4.74 Å². The SMILES string of the molecule is CCCCCCCCC/C=C\CCCCCCCC(=O)OCCCCCCCCCCCCCCCCCCCCCCCCC(=O)NC(CO)C(O)/C=C/CCCCCCCCCCCCCCCCCCCCCCCC. The Balaban J connectivity index is 3.40. The molecule has 0 rings (SSSR count). The van der Waals surface area contributed by atoms with Gasteiger partial charge in [0.2, 0.25) is 5.91 Å². The molecule has 468 valence electrons. The molecule has 0 aromatic rings. The number of aliphatic hydroxyl groups is 2. The Morgan fingerprint density at radius 2 is 0.595 bits per heavy atom. The monoisotopic (exact) mass is 1110 g/mol. The van der Waals surface area contributed by atoms with Crippen LogP contribution >= 0.6 is 0 Å². The van der Waals surface area contributed by atoms with Crippen molar-refractivity contribution in [3.05, 3.63) is 24.3 Å². The second kappa shape index (κ2) is 68.8. The Hall–Kier alpha value is -1.66. The summed E-state index contributed by atoms with van der Waals surface area (Å²) in [6.45, 7) is 4.94. The summed E-state index contributed by atoms with van der Waals surface area (Å²) in [6.07, 6.45) is 86.8. The lowest BCUT2D eigenvalue weighted by molar-refractivity contribution is -0.143. The van der Waals surface area contributed by atoms with Gasteiger partial charge in [0.25, 0.3) is 0 Å². The minimum absolute atomic E-state index is 0.00633. The summed E-state index contributed by atoms with van der Waals surface area (Å²) in [4.78, 5) is 24.6. The Bertz CT molecular complexity index is 1230. The molecule has 0 saturated heterocycles. The molecule has 0 aromatic heterocycles. The van der Waals surface area contributed by atoms with E-state index in [0.717, 1.165) is 44.9 Å². The molecule has 2 atom stereocenters. The molecule has 0 aromatic carbocycles. The van der Waals surface area contributed by atoms with Gasteiger partial charge in [0.1, 0.15) is 0 Å². The maximum absolute atomic E-state index is 12.5. The number of hydrogen-bond acceptors (Lipinski definition) is 5. The zero-order valence-electron chi connectivity index (χ0n) is 53.6. The zero-order valence-corrected chi connectivity index (χ0v) is 53.6. The third-order valence-corrected chi connectivity index (χ3v) is 17.0. The van der Waals surface area contributed by atoms with Crippen molar-refractivity contribution >= 4 is 11.9 Å². The third-order valence-electron chi connectivity index (χ3n) is 17.0. The topological polar surface area (TPSA) is 95.9 Å². The minimum Gasteiger partial charge on any atom is -0.466 e. The second-order valence-corrected chi connectivity index (χ2v) is 24.9. The first-order valence-electron chi connectivity index (χ1n) is 36.1. The van der Waals surface area contributed by atoms with Crippen LogP contribution < -0.4 is 5.32 Å². The highest BCUT2D eigenvalue weighted by Crippen LogP contribution is 2.19. The van der Waals surface area contributed by atoms with Crippen molar-refractivity contribution in [2.45, 2.75) is 418 Å². The average molecular weight is 1110 g/mol. The van der Waals surface area contributed by atoms with Crippen LogP contribution in [-0.4, -0.2) is 47.4 Å². The summed E-state index contributed by atoms with van der Waals surface area (Å²) in [7, 11) is 0. The van der Waals surface area contributed by atoms with Gasteiger partial charge in [-0.3, -0.25) is 9.59 Å². The summed E-state index contributed by atoms with van der Waals surface area (Å²) >= 11 is 0. The number of rotatable bonds is 68. The van der Waals surface area contributed by atoms with Crippen LogP contribution in [0.15, 0.2) is 24.3 Å². The minimum atomic E-state index is -0.846. The van der Waals surface area contributed by atoms with Crippen molar-refractivity contribution in [1.82, 2.24) is 5.32 Å². The number of hydrogen-bond donors (Lipinski definition) is 3.